The number of allylic oxidation sites excluding steroid dienone is 4. The minimum atomic E-state index is -0.932. The Kier molecular flexibility index (Phi) is 5.62. The predicted molar refractivity (Wildman–Crippen MR) is 132 cm³/mol. The lowest BCUT2D eigenvalue weighted by Crippen LogP contribution is -2.24. The van der Waals surface area contributed by atoms with Crippen LogP contribution in [0.1, 0.15) is 25.3 Å². The zero-order valence-electron chi connectivity index (χ0n) is 18.3. The topological polar surface area (TPSA) is 62.2 Å². The third-order valence-electron chi connectivity index (χ3n) is 6.44. The van der Waals surface area contributed by atoms with Crippen LogP contribution in [0.15, 0.2) is 72.8 Å². The maximum Gasteiger partial charge on any atom is 0.311 e. The number of halogens is 1. The normalized spacial score (nSPS) is 20.8. The molecule has 0 bridgehead atoms. The van der Waals surface area contributed by atoms with E-state index in [0.29, 0.717) is 19.4 Å². The minimum absolute atomic E-state index is 0.137. The Morgan fingerprint density at radius 3 is 2.45 bits per heavy atom. The van der Waals surface area contributed by atoms with Crippen LogP contribution in [-0.2, 0) is 4.79 Å². The molecule has 0 amide bonds. The zero-order chi connectivity index (χ0) is 23.0. The standard InChI is InChI=1S/C27H25FN2O2S/c1-17-15-21(11-12-22(17)28)18-7-9-19(10-8-18)23-24(20-5-3-2-4-6-20)33-26(30-23)29-16-27(13-14-27)25(31)32/h2-12,15,17,22H,13-14,16H2,1H3,(H,29,30)(H,31,32). The molecule has 4 nitrogen and oxygen atoms in total. The lowest BCUT2D eigenvalue weighted by atomic mass is 9.92. The summed E-state index contributed by atoms with van der Waals surface area (Å²) < 4.78 is 13.8. The van der Waals surface area contributed by atoms with E-state index < -0.39 is 17.6 Å². The summed E-state index contributed by atoms with van der Waals surface area (Å²) >= 11 is 1.54. The highest BCUT2D eigenvalue weighted by atomic mass is 32.1. The SMILES string of the molecule is CC1C=C(c2ccc(-c3nc(NCC4(C(=O)O)CC4)sc3-c3ccccc3)cc2)C=CC1F. The van der Waals surface area contributed by atoms with Crippen molar-refractivity contribution < 1.29 is 14.3 Å². The molecule has 2 aliphatic rings. The largest absolute Gasteiger partial charge is 0.481 e. The van der Waals surface area contributed by atoms with Gasteiger partial charge >= 0.3 is 5.97 Å². The van der Waals surface area contributed by atoms with E-state index >= 15 is 0 Å². The van der Waals surface area contributed by atoms with Crippen LogP contribution in [0.2, 0.25) is 0 Å². The van der Waals surface area contributed by atoms with E-state index in [4.69, 9.17) is 4.98 Å². The van der Waals surface area contributed by atoms with Crippen molar-refractivity contribution in [3.63, 3.8) is 0 Å². The van der Waals surface area contributed by atoms with Crippen LogP contribution in [0.25, 0.3) is 27.3 Å². The first-order chi connectivity index (χ1) is 15.9. The van der Waals surface area contributed by atoms with Crippen molar-refractivity contribution >= 4 is 28.0 Å². The highest BCUT2D eigenvalue weighted by molar-refractivity contribution is 7.19. The molecular weight excluding hydrogens is 435 g/mol. The van der Waals surface area contributed by atoms with Gasteiger partial charge in [-0.05, 0) is 35.6 Å². The Morgan fingerprint density at radius 1 is 1.12 bits per heavy atom. The fourth-order valence-corrected chi connectivity index (χ4v) is 5.04. The number of hydrogen-bond acceptors (Lipinski definition) is 4. The number of carboxylic acid groups (broad SMARTS) is 1. The van der Waals surface area contributed by atoms with Crippen molar-refractivity contribution in [3.8, 4) is 21.7 Å². The number of aromatic nitrogens is 1. The molecule has 3 aromatic rings. The second kappa shape index (κ2) is 8.60. The summed E-state index contributed by atoms with van der Waals surface area (Å²) in [7, 11) is 0. The molecule has 168 valence electrons. The molecule has 5 rings (SSSR count). The summed E-state index contributed by atoms with van der Waals surface area (Å²) in [4.78, 5) is 17.4. The van der Waals surface area contributed by atoms with Gasteiger partial charge in [-0.25, -0.2) is 9.37 Å². The third kappa shape index (κ3) is 4.35. The molecule has 2 N–H and O–H groups in total. The molecule has 0 aliphatic heterocycles. The van der Waals surface area contributed by atoms with Crippen LogP contribution in [0.5, 0.6) is 0 Å². The van der Waals surface area contributed by atoms with E-state index in [1.807, 2.05) is 61.5 Å². The third-order valence-corrected chi connectivity index (χ3v) is 7.51. The van der Waals surface area contributed by atoms with E-state index in [2.05, 4.69) is 17.4 Å². The number of rotatable bonds is 7. The van der Waals surface area contributed by atoms with Crippen molar-refractivity contribution in [2.24, 2.45) is 11.3 Å². The van der Waals surface area contributed by atoms with Crippen LogP contribution < -0.4 is 5.32 Å². The average Bonchev–Trinajstić information content (AvgIpc) is 3.52. The Morgan fingerprint density at radius 2 is 1.82 bits per heavy atom. The van der Waals surface area contributed by atoms with Gasteiger partial charge in [0, 0.05) is 18.0 Å². The number of hydrogen-bond donors (Lipinski definition) is 2. The van der Waals surface area contributed by atoms with E-state index in [1.54, 1.807) is 17.4 Å². The molecule has 0 radical (unpaired) electrons. The second-order valence-corrected chi connectivity index (χ2v) is 9.86. The summed E-state index contributed by atoms with van der Waals surface area (Å²) in [6.45, 7) is 2.27. The van der Waals surface area contributed by atoms with Crippen molar-refractivity contribution in [1.82, 2.24) is 4.98 Å². The van der Waals surface area contributed by atoms with Crippen LogP contribution in [0.3, 0.4) is 0 Å². The molecule has 1 saturated carbocycles. The van der Waals surface area contributed by atoms with Crippen LogP contribution >= 0.6 is 11.3 Å². The first-order valence-corrected chi connectivity index (χ1v) is 12.0. The molecule has 2 unspecified atom stereocenters. The van der Waals surface area contributed by atoms with Crippen LogP contribution in [0.4, 0.5) is 9.52 Å². The highest BCUT2D eigenvalue weighted by Crippen LogP contribution is 2.47. The van der Waals surface area contributed by atoms with Gasteiger partial charge in [-0.3, -0.25) is 4.79 Å². The average molecular weight is 461 g/mol. The fourth-order valence-electron chi connectivity index (χ4n) is 4.05. The fraction of sp³-hybridized carbons (Fsp3) is 0.259. The number of nitrogens with one attached hydrogen (secondary N) is 1. The van der Waals surface area contributed by atoms with Gasteiger partial charge in [0.05, 0.1) is 16.0 Å². The van der Waals surface area contributed by atoms with Gasteiger partial charge in [0.15, 0.2) is 5.13 Å². The molecule has 0 spiro atoms. The summed E-state index contributed by atoms with van der Waals surface area (Å²) in [5.74, 6) is -0.882. The van der Waals surface area contributed by atoms with Gasteiger partial charge in [-0.15, -0.1) is 0 Å². The van der Waals surface area contributed by atoms with Crippen molar-refractivity contribution in [2.45, 2.75) is 25.9 Å². The second-order valence-electron chi connectivity index (χ2n) is 8.86. The van der Waals surface area contributed by atoms with E-state index in [1.165, 1.54) is 0 Å². The van der Waals surface area contributed by atoms with E-state index in [9.17, 15) is 14.3 Å². The van der Waals surface area contributed by atoms with Gasteiger partial charge in [0.25, 0.3) is 0 Å². The Hall–Kier alpha value is -3.25. The molecule has 33 heavy (non-hydrogen) atoms. The number of anilines is 1. The molecule has 0 saturated heterocycles. The van der Waals surface area contributed by atoms with Crippen LogP contribution in [-0.4, -0.2) is 28.8 Å². The number of nitrogens with zero attached hydrogens (tertiary/aromatic N) is 1. The van der Waals surface area contributed by atoms with Crippen molar-refractivity contribution in [2.75, 3.05) is 11.9 Å². The lowest BCUT2D eigenvalue weighted by molar-refractivity contribution is -0.142. The van der Waals surface area contributed by atoms with E-state index in [0.717, 1.165) is 38.0 Å². The zero-order valence-corrected chi connectivity index (χ0v) is 19.1. The van der Waals surface area contributed by atoms with Crippen molar-refractivity contribution in [3.05, 3.63) is 78.4 Å². The number of benzene rings is 2. The minimum Gasteiger partial charge on any atom is -0.481 e. The maximum atomic E-state index is 13.8. The molecule has 6 heteroatoms. The number of carbonyl (C=O) groups is 1. The first-order valence-electron chi connectivity index (χ1n) is 11.1. The number of carboxylic acids is 1. The maximum absolute atomic E-state index is 13.8. The smallest absolute Gasteiger partial charge is 0.311 e. The summed E-state index contributed by atoms with van der Waals surface area (Å²) in [5, 5.41) is 13.5. The van der Waals surface area contributed by atoms with Gasteiger partial charge in [-0.2, -0.15) is 0 Å². The van der Waals surface area contributed by atoms with Gasteiger partial charge in [0.2, 0.25) is 0 Å². The Balaban J connectivity index is 1.45. The summed E-state index contributed by atoms with van der Waals surface area (Å²) in [6.07, 6.45) is 5.90. The van der Waals surface area contributed by atoms with Gasteiger partial charge < -0.3 is 10.4 Å². The number of alkyl halides is 1. The van der Waals surface area contributed by atoms with Gasteiger partial charge in [0.1, 0.15) is 6.17 Å². The highest BCUT2D eigenvalue weighted by Gasteiger charge is 2.50. The monoisotopic (exact) mass is 460 g/mol. The summed E-state index contributed by atoms with van der Waals surface area (Å²) in [5.41, 5.74) is 4.33. The van der Waals surface area contributed by atoms with E-state index in [-0.39, 0.29) is 5.92 Å². The molecule has 2 aliphatic carbocycles. The number of aliphatic carboxylic acids is 1. The lowest BCUT2D eigenvalue weighted by Gasteiger charge is -2.16. The van der Waals surface area contributed by atoms with Crippen molar-refractivity contribution in [1.29, 1.82) is 0 Å². The first kappa shape index (κ1) is 21.6. The predicted octanol–water partition coefficient (Wildman–Crippen LogP) is 6.68. The number of thiazole rings is 1. The Bertz CT molecular complexity index is 1230. The quantitative estimate of drug-likeness (QED) is 0.413. The molecule has 2 aromatic carbocycles. The van der Waals surface area contributed by atoms with Crippen LogP contribution in [0, 0.1) is 11.3 Å². The molecule has 1 fully saturated rings. The molecule has 2 atom stereocenters. The van der Waals surface area contributed by atoms with Gasteiger partial charge in [-0.1, -0.05) is 85.0 Å². The molecule has 1 heterocycles. The summed E-state index contributed by atoms with van der Waals surface area (Å²) in [6, 6.07) is 18.3. The molecule has 1 aromatic heterocycles. The molecular formula is C27H25FN2O2S. The Labute approximate surface area is 196 Å².